The first-order valence-corrected chi connectivity index (χ1v) is 21.5. The van der Waals surface area contributed by atoms with E-state index in [1.165, 1.54) is 6.33 Å². The van der Waals surface area contributed by atoms with Crippen LogP contribution in [0.15, 0.2) is 78.3 Å². The van der Waals surface area contributed by atoms with Crippen molar-refractivity contribution in [2.45, 2.75) is 63.5 Å². The van der Waals surface area contributed by atoms with Crippen molar-refractivity contribution in [3.8, 4) is 40.0 Å². The van der Waals surface area contributed by atoms with Crippen molar-refractivity contribution in [1.82, 2.24) is 30.2 Å². The highest BCUT2D eigenvalue weighted by atomic mass is 16.7. The summed E-state index contributed by atoms with van der Waals surface area (Å²) in [5.74, 6) is 2.80. The van der Waals surface area contributed by atoms with E-state index in [9.17, 15) is 14.4 Å². The second-order valence-corrected chi connectivity index (χ2v) is 16.7. The molecule has 15 heteroatoms. The highest BCUT2D eigenvalue weighted by Crippen LogP contribution is 2.48. The van der Waals surface area contributed by atoms with Crippen LogP contribution in [0, 0.1) is 17.8 Å². The Morgan fingerprint density at radius 2 is 1.69 bits per heavy atom. The maximum atomic E-state index is 14.5. The third kappa shape index (κ3) is 7.43. The van der Waals surface area contributed by atoms with Crippen molar-refractivity contribution in [2.24, 2.45) is 22.9 Å². The number of nitrogens with one attached hydrogen (secondary N) is 2. The summed E-state index contributed by atoms with van der Waals surface area (Å²) in [6.07, 6.45) is 9.37. The molecule has 3 atom stereocenters. The predicted octanol–water partition coefficient (Wildman–Crippen LogP) is 6.15. The van der Waals surface area contributed by atoms with Gasteiger partial charge in [0.1, 0.15) is 29.3 Å². The van der Waals surface area contributed by atoms with Crippen LogP contribution in [0.5, 0.6) is 28.7 Å². The van der Waals surface area contributed by atoms with Gasteiger partial charge in [0.25, 0.3) is 5.91 Å². The molecule has 10 rings (SSSR count). The van der Waals surface area contributed by atoms with Crippen molar-refractivity contribution >= 4 is 34.5 Å². The number of hydrazone groups is 1. The van der Waals surface area contributed by atoms with Gasteiger partial charge in [-0.05, 0) is 80.3 Å². The zero-order chi connectivity index (χ0) is 42.3. The molecule has 320 valence electrons. The van der Waals surface area contributed by atoms with Gasteiger partial charge in [0.2, 0.25) is 18.6 Å². The number of methoxy groups -OCH3 is 2. The van der Waals surface area contributed by atoms with Crippen LogP contribution in [0.3, 0.4) is 0 Å². The van der Waals surface area contributed by atoms with E-state index in [1.54, 1.807) is 30.3 Å². The Labute approximate surface area is 358 Å². The number of H-pyrrole nitrogens is 1. The molecule has 2 N–H and O–H groups in total. The zero-order valence-electron chi connectivity index (χ0n) is 34.8. The first-order chi connectivity index (χ1) is 30.4. The van der Waals surface area contributed by atoms with Crippen molar-refractivity contribution in [1.29, 1.82) is 0 Å². The first kappa shape index (κ1) is 39.5. The molecule has 3 amide bonds. The minimum absolute atomic E-state index is 0.0437. The summed E-state index contributed by atoms with van der Waals surface area (Å²) in [4.78, 5) is 57.0. The SMILES string of the molecule is COc1ccc(C2=NN(C3CCN(C(=O)[C@@H](Cc4ccccc4)NC(=O)c4c[nH]c5c(-c6c(OCC7CC7)ccc7c6OCO7)ncnc45)CC3)C(=O)[C@@H]3CCC[C@H]23)cc1OC. The summed E-state index contributed by atoms with van der Waals surface area (Å²) in [5.41, 5.74) is 5.05. The number of carbonyl (C=O) groups is 3. The molecule has 1 saturated heterocycles. The molecule has 3 aliphatic heterocycles. The Bertz CT molecular complexity index is 2550. The molecule has 2 aliphatic carbocycles. The van der Waals surface area contributed by atoms with E-state index < -0.39 is 11.9 Å². The maximum absolute atomic E-state index is 14.5. The Morgan fingerprint density at radius 3 is 2.48 bits per heavy atom. The lowest BCUT2D eigenvalue weighted by Gasteiger charge is -2.41. The van der Waals surface area contributed by atoms with Gasteiger partial charge in [-0.3, -0.25) is 14.4 Å². The first-order valence-electron chi connectivity index (χ1n) is 21.5. The molecule has 3 aromatic carbocycles. The highest BCUT2D eigenvalue weighted by molar-refractivity contribution is 6.09. The molecule has 2 saturated carbocycles. The van der Waals surface area contributed by atoms with Crippen LogP contribution in [-0.4, -0.2) is 101 Å². The fraction of sp³-hybridized carbons (Fsp3) is 0.404. The Balaban J connectivity index is 0.885. The molecule has 5 aromatic rings. The van der Waals surface area contributed by atoms with E-state index >= 15 is 0 Å². The summed E-state index contributed by atoms with van der Waals surface area (Å²) < 4.78 is 29.0. The Hall–Kier alpha value is -6.64. The fourth-order valence-corrected chi connectivity index (χ4v) is 9.45. The number of hydrogen-bond acceptors (Lipinski definition) is 11. The van der Waals surface area contributed by atoms with E-state index in [4.69, 9.17) is 28.8 Å². The second kappa shape index (κ2) is 16.7. The predicted molar refractivity (Wildman–Crippen MR) is 228 cm³/mol. The lowest BCUT2D eigenvalue weighted by atomic mass is 9.85. The van der Waals surface area contributed by atoms with Gasteiger partial charge < -0.3 is 38.9 Å². The smallest absolute Gasteiger partial charge is 0.255 e. The highest BCUT2D eigenvalue weighted by Gasteiger charge is 2.45. The van der Waals surface area contributed by atoms with E-state index in [1.807, 2.05) is 60.7 Å². The van der Waals surface area contributed by atoms with Crippen LogP contribution in [0.1, 0.15) is 66.4 Å². The molecule has 15 nitrogen and oxygen atoms in total. The number of nitrogens with zero attached hydrogens (tertiary/aromatic N) is 5. The number of carbonyl (C=O) groups excluding carboxylic acids is 3. The lowest BCUT2D eigenvalue weighted by molar-refractivity contribution is -0.142. The van der Waals surface area contributed by atoms with Crippen molar-refractivity contribution in [3.63, 3.8) is 0 Å². The zero-order valence-corrected chi connectivity index (χ0v) is 34.8. The number of hydrogen-bond donors (Lipinski definition) is 2. The molecule has 62 heavy (non-hydrogen) atoms. The van der Waals surface area contributed by atoms with Crippen molar-refractivity contribution in [2.75, 3.05) is 40.7 Å². The number of aromatic amines is 1. The standard InChI is InChI=1S/C47H49N7O8/c1-58-35-14-13-29(22-38(35)59-2)40-31-9-6-10-32(31)46(56)54(52-40)30-17-19-53(20-18-30)47(57)34(21-27-7-4-3-5-8-27)51-45(55)33-23-48-43-41(33)49-25-50-42(43)39-36(60-24-28-11-12-28)15-16-37-44(39)62-26-61-37/h3-5,7-8,13-16,22-23,25,28,30-32,34,48H,6,9-12,17-21,24,26H2,1-2H3,(H,51,55)/t31-,32+,34+/m0/s1. The molecule has 0 unspecified atom stereocenters. The minimum Gasteiger partial charge on any atom is -0.493 e. The number of amides is 3. The van der Waals surface area contributed by atoms with Crippen LogP contribution in [0.4, 0.5) is 0 Å². The summed E-state index contributed by atoms with van der Waals surface area (Å²) in [6, 6.07) is 18.1. The van der Waals surface area contributed by atoms with Crippen molar-refractivity contribution < 1.29 is 38.1 Å². The normalized spacial score (nSPS) is 20.2. The molecule has 3 fully saturated rings. The number of aromatic nitrogens is 3. The molecular formula is C47H49N7O8. The molecule has 5 heterocycles. The number of fused-ring (bicyclic) bond motifs is 3. The van der Waals surface area contributed by atoms with E-state index in [0.29, 0.717) is 89.5 Å². The second-order valence-electron chi connectivity index (χ2n) is 16.7. The van der Waals surface area contributed by atoms with E-state index in [0.717, 1.165) is 48.9 Å². The molecule has 5 aliphatic rings. The molecule has 0 bridgehead atoms. The van der Waals surface area contributed by atoms with E-state index in [-0.39, 0.29) is 48.5 Å². The van der Waals surface area contributed by atoms with E-state index in [2.05, 4.69) is 20.3 Å². The van der Waals surface area contributed by atoms with Gasteiger partial charge in [-0.2, -0.15) is 5.10 Å². The Kier molecular flexibility index (Phi) is 10.6. The molecule has 0 radical (unpaired) electrons. The van der Waals surface area contributed by atoms with Gasteiger partial charge in [0.05, 0.1) is 49.2 Å². The van der Waals surface area contributed by atoms with Crippen LogP contribution in [0.2, 0.25) is 0 Å². The third-order valence-corrected chi connectivity index (χ3v) is 12.9. The quantitative estimate of drug-likeness (QED) is 0.140. The number of likely N-dealkylation sites (tertiary alicyclic amines) is 1. The number of piperidine rings is 1. The minimum atomic E-state index is -0.872. The summed E-state index contributed by atoms with van der Waals surface area (Å²) in [7, 11) is 3.22. The molecule has 0 spiro atoms. The van der Waals surface area contributed by atoms with Gasteiger partial charge in [-0.15, -0.1) is 0 Å². The van der Waals surface area contributed by atoms with Crippen LogP contribution >= 0.6 is 0 Å². The largest absolute Gasteiger partial charge is 0.493 e. The van der Waals surface area contributed by atoms with Gasteiger partial charge in [0.15, 0.2) is 23.0 Å². The van der Waals surface area contributed by atoms with Gasteiger partial charge in [0, 0.05) is 43.1 Å². The van der Waals surface area contributed by atoms with Gasteiger partial charge in [-0.25, -0.2) is 15.0 Å². The van der Waals surface area contributed by atoms with Crippen LogP contribution in [0.25, 0.3) is 22.3 Å². The number of ether oxygens (including phenoxy) is 5. The number of benzene rings is 3. The van der Waals surface area contributed by atoms with Crippen LogP contribution < -0.4 is 29.0 Å². The Morgan fingerprint density at radius 1 is 0.903 bits per heavy atom. The average Bonchev–Trinajstić information content (AvgIpc) is 3.62. The molecular weight excluding hydrogens is 791 g/mol. The summed E-state index contributed by atoms with van der Waals surface area (Å²) in [6.45, 7) is 1.47. The summed E-state index contributed by atoms with van der Waals surface area (Å²) in [5, 5.41) is 9.83. The summed E-state index contributed by atoms with van der Waals surface area (Å²) >= 11 is 0. The van der Waals surface area contributed by atoms with Crippen molar-refractivity contribution in [3.05, 3.63) is 89.9 Å². The average molecular weight is 840 g/mol. The van der Waals surface area contributed by atoms with Crippen LogP contribution in [-0.2, 0) is 16.0 Å². The monoisotopic (exact) mass is 839 g/mol. The lowest BCUT2D eigenvalue weighted by Crippen LogP contribution is -2.55. The fourth-order valence-electron chi connectivity index (χ4n) is 9.45. The third-order valence-electron chi connectivity index (χ3n) is 12.9. The van der Waals surface area contributed by atoms with Gasteiger partial charge >= 0.3 is 0 Å². The number of rotatable bonds is 13. The topological polar surface area (TPSA) is 170 Å². The maximum Gasteiger partial charge on any atom is 0.255 e. The molecule has 2 aromatic heterocycles. The van der Waals surface area contributed by atoms with Gasteiger partial charge in [-0.1, -0.05) is 36.8 Å².